The smallest absolute Gasteiger partial charge is 0.319 e. The fraction of sp³-hybridized carbons (Fsp3) is 0.611. The summed E-state index contributed by atoms with van der Waals surface area (Å²) in [6.07, 6.45) is 4.55. The number of urea groups is 1. The Bertz CT molecular complexity index is 772. The third-order valence-corrected chi connectivity index (χ3v) is 6.32. The normalized spacial score (nSPS) is 18.7. The molecule has 2 aliphatic rings. The number of likely N-dealkylation sites (tertiary alicyclic amines) is 1. The van der Waals surface area contributed by atoms with Gasteiger partial charge in [-0.2, -0.15) is 0 Å². The Kier molecular flexibility index (Phi) is 6.11. The minimum Gasteiger partial charge on any atom is -0.494 e. The van der Waals surface area contributed by atoms with Gasteiger partial charge in [-0.15, -0.1) is 0 Å². The number of carbonyl (C=O) groups excluding carboxylic acids is 1. The van der Waals surface area contributed by atoms with Crippen LogP contribution >= 0.6 is 0 Å². The van der Waals surface area contributed by atoms with Crippen molar-refractivity contribution in [2.75, 3.05) is 36.0 Å². The summed E-state index contributed by atoms with van der Waals surface area (Å²) in [5.41, 5.74) is 0.886. The van der Waals surface area contributed by atoms with Crippen molar-refractivity contribution in [3.8, 4) is 5.75 Å². The zero-order chi connectivity index (χ0) is 19.4. The van der Waals surface area contributed by atoms with Crippen LogP contribution in [0.15, 0.2) is 18.2 Å². The van der Waals surface area contributed by atoms with Gasteiger partial charge in [-0.25, -0.2) is 13.2 Å². The Labute approximate surface area is 160 Å². The van der Waals surface area contributed by atoms with Crippen molar-refractivity contribution in [1.29, 1.82) is 0 Å². The molecule has 9 heteroatoms. The van der Waals surface area contributed by atoms with Crippen LogP contribution in [0, 0.1) is 0 Å². The van der Waals surface area contributed by atoms with Crippen molar-refractivity contribution < 1.29 is 17.9 Å². The topological polar surface area (TPSA) is 99.8 Å². The van der Waals surface area contributed by atoms with E-state index in [2.05, 4.69) is 20.3 Å². The maximum absolute atomic E-state index is 12.3. The summed E-state index contributed by atoms with van der Waals surface area (Å²) in [7, 11) is -1.95. The molecule has 1 aliphatic carbocycles. The van der Waals surface area contributed by atoms with Crippen LogP contribution in [0.25, 0.3) is 0 Å². The van der Waals surface area contributed by atoms with Crippen molar-refractivity contribution in [2.24, 2.45) is 0 Å². The van der Waals surface area contributed by atoms with Crippen LogP contribution in [0.2, 0.25) is 0 Å². The van der Waals surface area contributed by atoms with E-state index in [1.165, 1.54) is 20.0 Å². The molecule has 0 atom stereocenters. The first-order valence-electron chi connectivity index (χ1n) is 9.40. The quantitative estimate of drug-likeness (QED) is 0.656. The highest BCUT2D eigenvalue weighted by atomic mass is 32.2. The first-order chi connectivity index (χ1) is 12.9. The number of hydrogen-bond donors (Lipinski definition) is 3. The van der Waals surface area contributed by atoms with E-state index in [4.69, 9.17) is 4.74 Å². The molecule has 27 heavy (non-hydrogen) atoms. The summed E-state index contributed by atoms with van der Waals surface area (Å²) in [6, 6.07) is 5.52. The summed E-state index contributed by atoms with van der Waals surface area (Å²) in [5.74, 6) is 0.320. The standard InChI is InChI=1S/C18H28N4O4S/c1-3-27(24,25)21-16-7-4-14(12-17(16)26-2)20-18(23)19-13-8-10-22(11-9-13)15-5-6-15/h4,7,12-13,15,21H,3,5-6,8-11H2,1-2H3,(H2,19,20,23). The van der Waals surface area contributed by atoms with Gasteiger partial charge >= 0.3 is 6.03 Å². The van der Waals surface area contributed by atoms with E-state index in [0.717, 1.165) is 32.0 Å². The molecule has 0 bridgehead atoms. The molecule has 0 spiro atoms. The number of anilines is 2. The highest BCUT2D eigenvalue weighted by Gasteiger charge is 2.32. The van der Waals surface area contributed by atoms with E-state index < -0.39 is 10.0 Å². The van der Waals surface area contributed by atoms with Crippen LogP contribution in [-0.4, -0.2) is 57.4 Å². The molecular formula is C18H28N4O4S. The van der Waals surface area contributed by atoms with Gasteiger partial charge in [-0.05, 0) is 44.7 Å². The zero-order valence-electron chi connectivity index (χ0n) is 15.8. The van der Waals surface area contributed by atoms with Gasteiger partial charge in [-0.3, -0.25) is 4.72 Å². The Morgan fingerprint density at radius 3 is 2.52 bits per heavy atom. The lowest BCUT2D eigenvalue weighted by Gasteiger charge is -2.32. The predicted molar refractivity (Wildman–Crippen MR) is 106 cm³/mol. The first kappa shape index (κ1) is 19.8. The summed E-state index contributed by atoms with van der Waals surface area (Å²) < 4.78 is 31.2. The second-order valence-corrected chi connectivity index (χ2v) is 9.07. The molecule has 0 unspecified atom stereocenters. The van der Waals surface area contributed by atoms with E-state index in [1.54, 1.807) is 25.1 Å². The van der Waals surface area contributed by atoms with E-state index in [9.17, 15) is 13.2 Å². The van der Waals surface area contributed by atoms with Gasteiger partial charge in [0, 0.05) is 36.9 Å². The second kappa shape index (κ2) is 8.35. The number of carbonyl (C=O) groups is 1. The third-order valence-electron chi connectivity index (χ3n) is 5.03. The highest BCUT2D eigenvalue weighted by molar-refractivity contribution is 7.92. The van der Waals surface area contributed by atoms with E-state index >= 15 is 0 Å². The number of hydrogen-bond acceptors (Lipinski definition) is 5. The maximum atomic E-state index is 12.3. The lowest BCUT2D eigenvalue weighted by Crippen LogP contribution is -2.46. The molecule has 1 saturated heterocycles. The molecule has 1 aromatic carbocycles. The molecule has 3 N–H and O–H groups in total. The molecule has 2 amide bonds. The van der Waals surface area contributed by atoms with E-state index in [1.807, 2.05) is 0 Å². The number of methoxy groups -OCH3 is 1. The van der Waals surface area contributed by atoms with Gasteiger partial charge in [-0.1, -0.05) is 0 Å². The fourth-order valence-corrected chi connectivity index (χ4v) is 3.94. The summed E-state index contributed by atoms with van der Waals surface area (Å²) in [4.78, 5) is 14.8. The summed E-state index contributed by atoms with van der Waals surface area (Å²) in [6.45, 7) is 3.63. The lowest BCUT2D eigenvalue weighted by atomic mass is 10.1. The molecule has 2 fully saturated rings. The minimum atomic E-state index is -3.40. The van der Waals surface area contributed by atoms with Gasteiger partial charge in [0.05, 0.1) is 18.6 Å². The molecule has 1 aliphatic heterocycles. The van der Waals surface area contributed by atoms with Gasteiger partial charge in [0.1, 0.15) is 5.75 Å². The number of sulfonamides is 1. The molecule has 3 rings (SSSR count). The zero-order valence-corrected chi connectivity index (χ0v) is 16.6. The van der Waals surface area contributed by atoms with Gasteiger partial charge in [0.25, 0.3) is 0 Å². The van der Waals surface area contributed by atoms with Crippen LogP contribution in [0.3, 0.4) is 0 Å². The van der Waals surface area contributed by atoms with Crippen molar-refractivity contribution in [1.82, 2.24) is 10.2 Å². The Balaban J connectivity index is 1.54. The Morgan fingerprint density at radius 2 is 1.93 bits per heavy atom. The average molecular weight is 397 g/mol. The van der Waals surface area contributed by atoms with Crippen LogP contribution in [0.1, 0.15) is 32.6 Å². The van der Waals surface area contributed by atoms with Gasteiger partial charge in [0.2, 0.25) is 10.0 Å². The molecular weight excluding hydrogens is 368 g/mol. The van der Waals surface area contributed by atoms with E-state index in [-0.39, 0.29) is 17.8 Å². The van der Waals surface area contributed by atoms with Gasteiger partial charge < -0.3 is 20.3 Å². The summed E-state index contributed by atoms with van der Waals surface area (Å²) >= 11 is 0. The van der Waals surface area contributed by atoms with Crippen molar-refractivity contribution in [2.45, 2.75) is 44.7 Å². The third kappa shape index (κ3) is 5.49. The lowest BCUT2D eigenvalue weighted by molar-refractivity contribution is 0.189. The molecule has 1 aromatic rings. The van der Waals surface area contributed by atoms with Gasteiger partial charge in [0.15, 0.2) is 0 Å². The second-order valence-electron chi connectivity index (χ2n) is 7.06. The van der Waals surface area contributed by atoms with E-state index in [0.29, 0.717) is 17.1 Å². The largest absolute Gasteiger partial charge is 0.494 e. The number of piperidine rings is 1. The number of amides is 2. The van der Waals surface area contributed by atoms with Crippen LogP contribution in [0.5, 0.6) is 5.75 Å². The molecule has 1 heterocycles. The molecule has 8 nitrogen and oxygen atoms in total. The van der Waals surface area contributed by atoms with Crippen LogP contribution in [-0.2, 0) is 10.0 Å². The fourth-order valence-electron chi connectivity index (χ4n) is 3.29. The first-order valence-corrected chi connectivity index (χ1v) is 11.1. The Morgan fingerprint density at radius 1 is 1.22 bits per heavy atom. The van der Waals surface area contributed by atoms with Crippen LogP contribution < -0.4 is 20.1 Å². The van der Waals surface area contributed by atoms with Crippen molar-refractivity contribution >= 4 is 27.4 Å². The average Bonchev–Trinajstić information content (AvgIpc) is 3.48. The molecule has 0 radical (unpaired) electrons. The number of benzene rings is 1. The summed E-state index contributed by atoms with van der Waals surface area (Å²) in [5, 5.41) is 5.81. The number of nitrogens with one attached hydrogen (secondary N) is 3. The van der Waals surface area contributed by atoms with Crippen molar-refractivity contribution in [3.05, 3.63) is 18.2 Å². The number of ether oxygens (including phenoxy) is 1. The number of nitrogens with zero attached hydrogens (tertiary/aromatic N) is 1. The number of rotatable bonds is 7. The molecule has 150 valence electrons. The monoisotopic (exact) mass is 396 g/mol. The molecule has 0 aromatic heterocycles. The van der Waals surface area contributed by atoms with Crippen molar-refractivity contribution in [3.63, 3.8) is 0 Å². The maximum Gasteiger partial charge on any atom is 0.319 e. The highest BCUT2D eigenvalue weighted by Crippen LogP contribution is 2.30. The predicted octanol–water partition coefficient (Wildman–Crippen LogP) is 2.21. The van der Waals surface area contributed by atoms with Crippen LogP contribution in [0.4, 0.5) is 16.2 Å². The molecule has 1 saturated carbocycles. The minimum absolute atomic E-state index is 0.0296. The SMILES string of the molecule is CCS(=O)(=O)Nc1ccc(NC(=O)NC2CCN(C3CC3)CC2)cc1OC. The Hall–Kier alpha value is -2.00.